The van der Waals surface area contributed by atoms with E-state index in [1.54, 1.807) is 12.4 Å². The Balaban J connectivity index is 2.34. The molecule has 2 rings (SSSR count). The van der Waals surface area contributed by atoms with Crippen LogP contribution in [0.2, 0.25) is 0 Å². The molecule has 18 heavy (non-hydrogen) atoms. The molecule has 1 amide bonds. The molecule has 0 radical (unpaired) electrons. The van der Waals surface area contributed by atoms with Crippen molar-refractivity contribution in [2.45, 2.75) is 18.9 Å². The fraction of sp³-hybridized carbons (Fsp3) is 0.538. The monoisotopic (exact) mass is 248 g/mol. The molecule has 0 bridgehead atoms. The number of amides is 1. The number of nitrogens with one attached hydrogen (secondary N) is 1. The summed E-state index contributed by atoms with van der Waals surface area (Å²) in [6.45, 7) is 5.46. The Labute approximate surface area is 107 Å². The lowest BCUT2D eigenvalue weighted by molar-refractivity contribution is -0.130. The van der Waals surface area contributed by atoms with Crippen molar-refractivity contribution in [3.63, 3.8) is 0 Å². The van der Waals surface area contributed by atoms with Crippen LogP contribution in [-0.2, 0) is 10.3 Å². The highest BCUT2D eigenvalue weighted by molar-refractivity contribution is 5.85. The van der Waals surface area contributed by atoms with Crippen molar-refractivity contribution in [2.75, 3.05) is 26.2 Å². The topological polar surface area (TPSA) is 71.2 Å². The predicted octanol–water partition coefficient (Wildman–Crippen LogP) is 0.0774. The quantitative estimate of drug-likeness (QED) is 0.794. The first-order chi connectivity index (χ1) is 8.65. The first-order valence-electron chi connectivity index (χ1n) is 6.32. The van der Waals surface area contributed by atoms with E-state index in [4.69, 9.17) is 5.73 Å². The third kappa shape index (κ3) is 2.37. The van der Waals surface area contributed by atoms with Gasteiger partial charge in [-0.25, -0.2) is 0 Å². The molecular formula is C13H20N4O. The van der Waals surface area contributed by atoms with Crippen molar-refractivity contribution in [1.29, 1.82) is 0 Å². The zero-order chi connectivity index (χ0) is 13.0. The second-order valence-electron chi connectivity index (χ2n) is 4.76. The maximum absolute atomic E-state index is 12.0. The molecule has 0 aromatic carbocycles. The van der Waals surface area contributed by atoms with Gasteiger partial charge in [0.05, 0.1) is 0 Å². The van der Waals surface area contributed by atoms with Crippen LogP contribution in [0.5, 0.6) is 0 Å². The predicted molar refractivity (Wildman–Crippen MR) is 69.8 cm³/mol. The summed E-state index contributed by atoms with van der Waals surface area (Å²) in [7, 11) is 0. The molecule has 1 fully saturated rings. The number of pyridine rings is 1. The minimum Gasteiger partial charge on any atom is -0.368 e. The van der Waals surface area contributed by atoms with E-state index < -0.39 is 5.54 Å². The third-order valence-electron chi connectivity index (χ3n) is 3.69. The van der Waals surface area contributed by atoms with Gasteiger partial charge in [-0.3, -0.25) is 14.7 Å². The lowest BCUT2D eigenvalue weighted by Gasteiger charge is -2.38. The van der Waals surface area contributed by atoms with Crippen molar-refractivity contribution in [2.24, 2.45) is 5.73 Å². The van der Waals surface area contributed by atoms with Crippen LogP contribution in [0, 0.1) is 0 Å². The summed E-state index contributed by atoms with van der Waals surface area (Å²) in [5, 5.41) is 3.33. The summed E-state index contributed by atoms with van der Waals surface area (Å²) >= 11 is 0. The number of aromatic nitrogens is 1. The number of nitrogens with zero attached hydrogens (tertiary/aromatic N) is 2. The number of nitrogens with two attached hydrogens (primary N) is 1. The van der Waals surface area contributed by atoms with Gasteiger partial charge in [0.2, 0.25) is 5.91 Å². The smallest absolute Gasteiger partial charge is 0.242 e. The van der Waals surface area contributed by atoms with Crippen LogP contribution in [0.25, 0.3) is 0 Å². The number of carbonyl (C=O) groups excluding carboxylic acids is 1. The summed E-state index contributed by atoms with van der Waals surface area (Å²) < 4.78 is 0. The number of carbonyl (C=O) groups is 1. The van der Waals surface area contributed by atoms with Gasteiger partial charge >= 0.3 is 0 Å². The molecule has 1 aromatic heterocycles. The van der Waals surface area contributed by atoms with Gasteiger partial charge in [-0.1, -0.05) is 0 Å². The summed E-state index contributed by atoms with van der Waals surface area (Å²) in [6, 6.07) is 3.73. The van der Waals surface area contributed by atoms with Crippen LogP contribution in [0.3, 0.4) is 0 Å². The highest BCUT2D eigenvalue weighted by atomic mass is 16.1. The van der Waals surface area contributed by atoms with Crippen LogP contribution in [0.1, 0.15) is 18.9 Å². The van der Waals surface area contributed by atoms with Crippen molar-refractivity contribution in [3.8, 4) is 0 Å². The Morgan fingerprint density at radius 2 is 2.11 bits per heavy atom. The molecule has 1 saturated heterocycles. The Morgan fingerprint density at radius 3 is 2.78 bits per heavy atom. The third-order valence-corrected chi connectivity index (χ3v) is 3.69. The number of primary amides is 1. The molecule has 2 heterocycles. The molecule has 1 atom stereocenters. The summed E-state index contributed by atoms with van der Waals surface area (Å²) in [5.41, 5.74) is 5.82. The minimum absolute atomic E-state index is 0.310. The molecule has 3 N–H and O–H groups in total. The molecule has 1 aliphatic rings. The lowest BCUT2D eigenvalue weighted by Crippen LogP contribution is -2.54. The highest BCUT2D eigenvalue weighted by Gasteiger charge is 2.39. The Bertz CT molecular complexity index is 401. The Morgan fingerprint density at radius 1 is 1.39 bits per heavy atom. The van der Waals surface area contributed by atoms with Gasteiger partial charge < -0.3 is 11.1 Å². The normalized spacial score (nSPS) is 20.9. The summed E-state index contributed by atoms with van der Waals surface area (Å²) in [6.07, 6.45) is 4.42. The van der Waals surface area contributed by atoms with E-state index in [0.717, 1.165) is 38.2 Å². The fourth-order valence-corrected chi connectivity index (χ4v) is 2.45. The second kappa shape index (κ2) is 5.46. The molecule has 1 aromatic rings. The summed E-state index contributed by atoms with van der Waals surface area (Å²) in [5.74, 6) is -0.310. The van der Waals surface area contributed by atoms with Crippen LogP contribution in [0.4, 0.5) is 0 Å². The molecule has 5 nitrogen and oxygen atoms in total. The Hall–Kier alpha value is -1.46. The van der Waals surface area contributed by atoms with Gasteiger partial charge in [-0.15, -0.1) is 0 Å². The van der Waals surface area contributed by atoms with Gasteiger partial charge in [0.1, 0.15) is 5.54 Å². The Kier molecular flexibility index (Phi) is 3.93. The van der Waals surface area contributed by atoms with Crippen LogP contribution >= 0.6 is 0 Å². The van der Waals surface area contributed by atoms with Gasteiger partial charge in [-0.05, 0) is 37.6 Å². The van der Waals surface area contributed by atoms with Crippen molar-refractivity contribution in [3.05, 3.63) is 30.1 Å². The maximum atomic E-state index is 12.0. The average Bonchev–Trinajstić information content (AvgIpc) is 2.67. The van der Waals surface area contributed by atoms with E-state index in [1.807, 2.05) is 19.1 Å². The summed E-state index contributed by atoms with van der Waals surface area (Å²) in [4.78, 5) is 18.1. The first kappa shape index (κ1) is 13.0. The number of rotatable bonds is 3. The van der Waals surface area contributed by atoms with E-state index in [1.165, 1.54) is 0 Å². The molecular weight excluding hydrogens is 228 g/mol. The largest absolute Gasteiger partial charge is 0.368 e. The highest BCUT2D eigenvalue weighted by Crippen LogP contribution is 2.28. The number of hydrogen-bond donors (Lipinski definition) is 2. The molecule has 0 aliphatic carbocycles. The zero-order valence-corrected chi connectivity index (χ0v) is 10.7. The molecule has 0 saturated carbocycles. The first-order valence-corrected chi connectivity index (χ1v) is 6.32. The molecule has 0 spiro atoms. The zero-order valence-electron chi connectivity index (χ0n) is 10.7. The van der Waals surface area contributed by atoms with Crippen molar-refractivity contribution >= 4 is 5.91 Å². The molecule has 1 unspecified atom stereocenters. The van der Waals surface area contributed by atoms with Crippen LogP contribution < -0.4 is 11.1 Å². The molecule has 98 valence electrons. The van der Waals surface area contributed by atoms with Gasteiger partial charge in [0, 0.05) is 32.0 Å². The van der Waals surface area contributed by atoms with Gasteiger partial charge in [0.15, 0.2) is 0 Å². The van der Waals surface area contributed by atoms with Gasteiger partial charge in [0.25, 0.3) is 0 Å². The van der Waals surface area contributed by atoms with Crippen molar-refractivity contribution in [1.82, 2.24) is 15.2 Å². The second-order valence-corrected chi connectivity index (χ2v) is 4.76. The van der Waals surface area contributed by atoms with E-state index in [2.05, 4.69) is 15.2 Å². The van der Waals surface area contributed by atoms with Gasteiger partial charge in [-0.2, -0.15) is 0 Å². The van der Waals surface area contributed by atoms with E-state index in [0.29, 0.717) is 0 Å². The average molecular weight is 248 g/mol. The SMILES string of the molecule is CC(C(N)=O)(c1ccncc1)N1CCCNCC1. The molecule has 1 aliphatic heterocycles. The van der Waals surface area contributed by atoms with Crippen molar-refractivity contribution < 1.29 is 4.79 Å². The van der Waals surface area contributed by atoms with E-state index >= 15 is 0 Å². The lowest BCUT2D eigenvalue weighted by atomic mass is 9.89. The fourth-order valence-electron chi connectivity index (χ4n) is 2.45. The number of hydrogen-bond acceptors (Lipinski definition) is 4. The standard InChI is InChI=1S/C13H20N4O/c1-13(12(14)18,11-3-6-16-7-4-11)17-9-2-5-15-8-10-17/h3-4,6-7,15H,2,5,8-10H2,1H3,(H2,14,18). The van der Waals surface area contributed by atoms with E-state index in [9.17, 15) is 4.79 Å². The van der Waals surface area contributed by atoms with Crippen LogP contribution in [-0.4, -0.2) is 42.0 Å². The van der Waals surface area contributed by atoms with Crippen LogP contribution in [0.15, 0.2) is 24.5 Å². The maximum Gasteiger partial charge on any atom is 0.242 e. The van der Waals surface area contributed by atoms with E-state index in [-0.39, 0.29) is 5.91 Å². The minimum atomic E-state index is -0.755. The molecule has 5 heteroatoms.